The molecule has 0 fully saturated rings. The molecule has 3 nitrogen and oxygen atoms in total. The summed E-state index contributed by atoms with van der Waals surface area (Å²) in [5.41, 5.74) is 1.77. The third kappa shape index (κ3) is 4.42. The van der Waals surface area contributed by atoms with E-state index in [-0.39, 0.29) is 5.91 Å². The minimum Gasteiger partial charge on any atom is -0.389 e. The molecule has 0 aliphatic rings. The second-order valence-corrected chi connectivity index (χ2v) is 3.40. The molecule has 0 saturated carbocycles. The van der Waals surface area contributed by atoms with E-state index < -0.39 is 6.10 Å². The van der Waals surface area contributed by atoms with E-state index in [1.54, 1.807) is 13.0 Å². The molecule has 0 spiro atoms. The molecule has 0 aliphatic carbocycles. The molecular formula is C12H15NO2. The Morgan fingerprint density at radius 1 is 1.40 bits per heavy atom. The Kier molecular flexibility index (Phi) is 4.06. The molecule has 0 bridgehead atoms. The monoisotopic (exact) mass is 205 g/mol. The van der Waals surface area contributed by atoms with Gasteiger partial charge in [-0.3, -0.25) is 4.79 Å². The minimum absolute atomic E-state index is 0.0812. The van der Waals surface area contributed by atoms with E-state index in [1.807, 2.05) is 30.3 Å². The van der Waals surface area contributed by atoms with E-state index in [2.05, 4.69) is 5.32 Å². The van der Waals surface area contributed by atoms with E-state index in [0.717, 1.165) is 11.3 Å². The maximum absolute atomic E-state index is 10.8. The van der Waals surface area contributed by atoms with E-state index in [4.69, 9.17) is 5.11 Å². The van der Waals surface area contributed by atoms with Crippen LogP contribution in [-0.4, -0.2) is 17.1 Å². The lowest BCUT2D eigenvalue weighted by Crippen LogP contribution is -2.05. The second-order valence-electron chi connectivity index (χ2n) is 3.40. The number of hydrogen-bond donors (Lipinski definition) is 2. The molecule has 15 heavy (non-hydrogen) atoms. The summed E-state index contributed by atoms with van der Waals surface area (Å²) in [7, 11) is 0. The molecule has 1 unspecified atom stereocenters. The Labute approximate surface area is 89.4 Å². The van der Waals surface area contributed by atoms with Gasteiger partial charge < -0.3 is 10.4 Å². The lowest BCUT2D eigenvalue weighted by Gasteiger charge is -2.01. The first-order valence-corrected chi connectivity index (χ1v) is 4.82. The number of nitrogens with one attached hydrogen (secondary N) is 1. The molecule has 0 saturated heterocycles. The van der Waals surface area contributed by atoms with Crippen molar-refractivity contribution < 1.29 is 9.90 Å². The first kappa shape index (κ1) is 11.5. The number of amides is 1. The predicted molar refractivity (Wildman–Crippen MR) is 61.5 cm³/mol. The zero-order chi connectivity index (χ0) is 11.3. The molecule has 1 amide bonds. The van der Waals surface area contributed by atoms with Gasteiger partial charge in [-0.2, -0.15) is 0 Å². The van der Waals surface area contributed by atoms with Crippen molar-refractivity contribution >= 4 is 17.7 Å². The molecule has 80 valence electrons. The second kappa shape index (κ2) is 5.32. The largest absolute Gasteiger partial charge is 0.389 e. The number of anilines is 1. The van der Waals surface area contributed by atoms with Gasteiger partial charge in [0.05, 0.1) is 6.10 Å². The third-order valence-electron chi connectivity index (χ3n) is 1.80. The highest BCUT2D eigenvalue weighted by Crippen LogP contribution is 2.10. The Morgan fingerprint density at radius 3 is 2.47 bits per heavy atom. The zero-order valence-electron chi connectivity index (χ0n) is 8.90. The normalized spacial score (nSPS) is 12.7. The van der Waals surface area contributed by atoms with Crippen LogP contribution in [0.15, 0.2) is 30.3 Å². The number of rotatable bonds is 3. The van der Waals surface area contributed by atoms with Crippen molar-refractivity contribution in [2.24, 2.45) is 0 Å². The summed E-state index contributed by atoms with van der Waals surface area (Å²) < 4.78 is 0. The van der Waals surface area contributed by atoms with Gasteiger partial charge in [0.25, 0.3) is 0 Å². The van der Waals surface area contributed by atoms with Gasteiger partial charge in [-0.1, -0.05) is 24.3 Å². The summed E-state index contributed by atoms with van der Waals surface area (Å²) >= 11 is 0. The molecule has 0 aromatic heterocycles. The third-order valence-corrected chi connectivity index (χ3v) is 1.80. The van der Waals surface area contributed by atoms with Crippen LogP contribution in [0.5, 0.6) is 0 Å². The molecule has 1 rings (SSSR count). The average molecular weight is 205 g/mol. The van der Waals surface area contributed by atoms with Crippen LogP contribution in [0.25, 0.3) is 6.08 Å². The highest BCUT2D eigenvalue weighted by molar-refractivity contribution is 5.88. The van der Waals surface area contributed by atoms with Crippen LogP contribution in [0, 0.1) is 0 Å². The Hall–Kier alpha value is -1.61. The number of carbonyl (C=O) groups excluding carboxylic acids is 1. The van der Waals surface area contributed by atoms with E-state index >= 15 is 0 Å². The summed E-state index contributed by atoms with van der Waals surface area (Å²) in [6, 6.07) is 7.40. The van der Waals surface area contributed by atoms with Crippen LogP contribution in [0.1, 0.15) is 19.4 Å². The summed E-state index contributed by atoms with van der Waals surface area (Å²) in [4.78, 5) is 10.8. The first-order valence-electron chi connectivity index (χ1n) is 4.82. The molecule has 3 heteroatoms. The Balaban J connectivity index is 2.68. The summed E-state index contributed by atoms with van der Waals surface area (Å²) in [6.07, 6.45) is 3.09. The first-order chi connectivity index (χ1) is 7.08. The number of aliphatic hydroxyl groups excluding tert-OH is 1. The highest BCUT2D eigenvalue weighted by atomic mass is 16.3. The van der Waals surface area contributed by atoms with E-state index in [9.17, 15) is 4.79 Å². The lowest BCUT2D eigenvalue weighted by atomic mass is 10.2. The van der Waals surface area contributed by atoms with Crippen molar-refractivity contribution in [3.63, 3.8) is 0 Å². The zero-order valence-corrected chi connectivity index (χ0v) is 8.90. The van der Waals surface area contributed by atoms with Crippen molar-refractivity contribution in [1.82, 2.24) is 0 Å². The smallest absolute Gasteiger partial charge is 0.221 e. The van der Waals surface area contributed by atoms with Gasteiger partial charge in [0.1, 0.15) is 0 Å². The average Bonchev–Trinajstić information content (AvgIpc) is 2.16. The fourth-order valence-electron chi connectivity index (χ4n) is 1.13. The molecule has 0 radical (unpaired) electrons. The Bertz CT molecular complexity index is 352. The van der Waals surface area contributed by atoms with Gasteiger partial charge >= 0.3 is 0 Å². The summed E-state index contributed by atoms with van der Waals surface area (Å²) in [5, 5.41) is 11.7. The molecule has 0 aliphatic heterocycles. The van der Waals surface area contributed by atoms with Gasteiger partial charge in [-0.05, 0) is 24.6 Å². The number of aliphatic hydroxyl groups is 1. The number of carbonyl (C=O) groups is 1. The van der Waals surface area contributed by atoms with Crippen LogP contribution in [-0.2, 0) is 4.79 Å². The van der Waals surface area contributed by atoms with Gasteiger partial charge in [0, 0.05) is 12.6 Å². The molecule has 1 atom stereocenters. The van der Waals surface area contributed by atoms with Crippen molar-refractivity contribution in [2.45, 2.75) is 20.0 Å². The summed E-state index contributed by atoms with van der Waals surface area (Å²) in [5.74, 6) is -0.0812. The van der Waals surface area contributed by atoms with E-state index in [1.165, 1.54) is 6.92 Å². The van der Waals surface area contributed by atoms with Crippen molar-refractivity contribution in [3.05, 3.63) is 35.9 Å². The van der Waals surface area contributed by atoms with E-state index in [0.29, 0.717) is 0 Å². The lowest BCUT2D eigenvalue weighted by molar-refractivity contribution is -0.114. The van der Waals surface area contributed by atoms with Crippen molar-refractivity contribution in [2.75, 3.05) is 5.32 Å². The molecule has 1 aromatic carbocycles. The summed E-state index contributed by atoms with van der Waals surface area (Å²) in [6.45, 7) is 3.17. The van der Waals surface area contributed by atoms with Gasteiger partial charge in [-0.25, -0.2) is 0 Å². The fraction of sp³-hybridized carbons (Fsp3) is 0.250. The maximum Gasteiger partial charge on any atom is 0.221 e. The number of hydrogen-bond acceptors (Lipinski definition) is 2. The molecule has 2 N–H and O–H groups in total. The van der Waals surface area contributed by atoms with Crippen LogP contribution in [0.3, 0.4) is 0 Å². The standard InChI is InChI=1S/C12H15NO2/c1-9(14)3-4-11-5-7-12(8-6-11)13-10(2)15/h3-9,14H,1-2H3,(H,13,15)/b4-3+. The van der Waals surface area contributed by atoms with Gasteiger partial charge in [0.15, 0.2) is 0 Å². The minimum atomic E-state index is -0.444. The van der Waals surface area contributed by atoms with Crippen molar-refractivity contribution in [1.29, 1.82) is 0 Å². The van der Waals surface area contributed by atoms with Crippen LogP contribution >= 0.6 is 0 Å². The molecule has 1 aromatic rings. The quantitative estimate of drug-likeness (QED) is 0.793. The fourth-order valence-corrected chi connectivity index (χ4v) is 1.13. The van der Waals surface area contributed by atoms with Crippen molar-refractivity contribution in [3.8, 4) is 0 Å². The molecular weight excluding hydrogens is 190 g/mol. The SMILES string of the molecule is CC(=O)Nc1ccc(/C=C/C(C)O)cc1. The number of benzene rings is 1. The van der Waals surface area contributed by atoms with Crippen LogP contribution < -0.4 is 5.32 Å². The van der Waals surface area contributed by atoms with Crippen LogP contribution in [0.4, 0.5) is 5.69 Å². The van der Waals surface area contributed by atoms with Gasteiger partial charge in [0.2, 0.25) is 5.91 Å². The molecule has 0 heterocycles. The van der Waals surface area contributed by atoms with Crippen LogP contribution in [0.2, 0.25) is 0 Å². The predicted octanol–water partition coefficient (Wildman–Crippen LogP) is 2.04. The Morgan fingerprint density at radius 2 is 2.00 bits per heavy atom. The topological polar surface area (TPSA) is 49.3 Å². The highest BCUT2D eigenvalue weighted by Gasteiger charge is 1.94. The maximum atomic E-state index is 10.8. The van der Waals surface area contributed by atoms with Gasteiger partial charge in [-0.15, -0.1) is 0 Å².